The second-order valence-electron chi connectivity index (χ2n) is 7.99. The number of amides is 1. The van der Waals surface area contributed by atoms with Gasteiger partial charge in [-0.25, -0.2) is 4.79 Å². The molecule has 31 heavy (non-hydrogen) atoms. The number of aromatic nitrogens is 2. The Balaban J connectivity index is 1.42. The van der Waals surface area contributed by atoms with Gasteiger partial charge < -0.3 is 14.2 Å². The summed E-state index contributed by atoms with van der Waals surface area (Å²) in [4.78, 5) is 39.8. The van der Waals surface area contributed by atoms with Crippen LogP contribution in [0.5, 0.6) is 5.75 Å². The highest BCUT2D eigenvalue weighted by Crippen LogP contribution is 2.43. The van der Waals surface area contributed by atoms with Crippen molar-refractivity contribution < 1.29 is 22.7 Å². The van der Waals surface area contributed by atoms with E-state index in [1.54, 1.807) is 4.90 Å². The highest BCUT2D eigenvalue weighted by molar-refractivity contribution is 5.77. The molecule has 2 fully saturated rings. The number of benzene rings is 1. The lowest BCUT2D eigenvalue weighted by molar-refractivity contribution is -0.137. The number of hydrogen-bond donors (Lipinski definition) is 1. The third-order valence-corrected chi connectivity index (χ3v) is 6.07. The van der Waals surface area contributed by atoms with Crippen molar-refractivity contribution in [3.8, 4) is 5.75 Å². The van der Waals surface area contributed by atoms with Crippen LogP contribution in [0.25, 0.3) is 0 Å². The fraction of sp³-hybridized carbons (Fsp3) is 0.476. The van der Waals surface area contributed by atoms with Crippen molar-refractivity contribution in [2.45, 2.75) is 50.5 Å². The van der Waals surface area contributed by atoms with Crippen LogP contribution in [0, 0.1) is 5.92 Å². The van der Waals surface area contributed by atoms with Crippen LogP contribution in [0.1, 0.15) is 31.2 Å². The number of carbonyl (C=O) groups is 1. The summed E-state index contributed by atoms with van der Waals surface area (Å²) in [6, 6.07) is 5.80. The zero-order valence-corrected chi connectivity index (χ0v) is 16.6. The quantitative estimate of drug-likeness (QED) is 0.752. The molecule has 2 heterocycles. The van der Waals surface area contributed by atoms with Crippen LogP contribution in [-0.4, -0.2) is 39.0 Å². The molecule has 166 valence electrons. The van der Waals surface area contributed by atoms with Gasteiger partial charge in [0, 0.05) is 31.3 Å². The minimum atomic E-state index is -4.45. The molecule has 7 nitrogen and oxygen atoms in total. The number of piperidine rings is 1. The number of nitrogens with one attached hydrogen (secondary N) is 1. The predicted octanol–water partition coefficient (Wildman–Crippen LogP) is 2.40. The maximum atomic E-state index is 12.9. The first-order valence-electron chi connectivity index (χ1n) is 10.1. The van der Waals surface area contributed by atoms with Gasteiger partial charge in [-0.15, -0.1) is 0 Å². The van der Waals surface area contributed by atoms with Gasteiger partial charge in [0.1, 0.15) is 12.4 Å². The van der Waals surface area contributed by atoms with Gasteiger partial charge in [-0.3, -0.25) is 14.6 Å². The van der Waals surface area contributed by atoms with E-state index in [-0.39, 0.29) is 49.2 Å². The Morgan fingerprint density at radius 3 is 2.74 bits per heavy atom. The number of hydrogen-bond acceptors (Lipinski definition) is 4. The first kappa shape index (κ1) is 21.2. The van der Waals surface area contributed by atoms with Gasteiger partial charge in [-0.2, -0.15) is 13.2 Å². The third kappa shape index (κ3) is 4.52. The summed E-state index contributed by atoms with van der Waals surface area (Å²) in [5, 5.41) is 0. The summed E-state index contributed by atoms with van der Waals surface area (Å²) in [5.74, 6) is 0.225. The van der Waals surface area contributed by atoms with E-state index in [0.29, 0.717) is 0 Å². The molecule has 0 unspecified atom stereocenters. The molecule has 10 heteroatoms. The predicted molar refractivity (Wildman–Crippen MR) is 105 cm³/mol. The highest BCUT2D eigenvalue weighted by atomic mass is 19.4. The van der Waals surface area contributed by atoms with Crippen molar-refractivity contribution in [2.75, 3.05) is 6.61 Å². The molecule has 2 aliphatic rings. The van der Waals surface area contributed by atoms with E-state index < -0.39 is 23.0 Å². The van der Waals surface area contributed by atoms with E-state index in [4.69, 9.17) is 4.74 Å². The van der Waals surface area contributed by atoms with E-state index in [2.05, 4.69) is 4.98 Å². The van der Waals surface area contributed by atoms with Gasteiger partial charge >= 0.3 is 11.9 Å². The molecule has 4 rings (SSSR count). The Hall–Kier alpha value is -3.04. The van der Waals surface area contributed by atoms with Crippen LogP contribution >= 0.6 is 0 Å². The SMILES string of the molecule is O=C(CCn1ccc(=O)[nH]c1=O)N1[C@H]2CC[C@H](C2)[C@@H]1COc1cccc(C(F)(F)F)c1. The number of likely N-dealkylation sites (tertiary alicyclic amines) is 1. The van der Waals surface area contributed by atoms with Crippen molar-refractivity contribution in [1.82, 2.24) is 14.5 Å². The second-order valence-corrected chi connectivity index (χ2v) is 7.99. The topological polar surface area (TPSA) is 84.4 Å². The number of alkyl halides is 3. The first-order valence-corrected chi connectivity index (χ1v) is 10.1. The highest BCUT2D eigenvalue weighted by Gasteiger charge is 2.48. The van der Waals surface area contributed by atoms with Crippen LogP contribution in [0.2, 0.25) is 0 Å². The molecule has 1 saturated carbocycles. The van der Waals surface area contributed by atoms with Gasteiger partial charge in [0.25, 0.3) is 5.56 Å². The van der Waals surface area contributed by atoms with E-state index in [9.17, 15) is 27.6 Å². The van der Waals surface area contributed by atoms with Crippen molar-refractivity contribution in [3.05, 3.63) is 62.9 Å². The molecular formula is C21H22F3N3O4. The molecule has 3 atom stereocenters. The molecule has 2 aromatic rings. The Labute approximate surface area is 175 Å². The minimum absolute atomic E-state index is 0.0786. The summed E-state index contributed by atoms with van der Waals surface area (Å²) in [5.41, 5.74) is -1.86. The normalized spacial score (nSPS) is 22.7. The number of H-pyrrole nitrogens is 1. The van der Waals surface area contributed by atoms with Gasteiger partial charge in [-0.1, -0.05) is 6.07 Å². The minimum Gasteiger partial charge on any atom is -0.491 e. The first-order chi connectivity index (χ1) is 14.7. The summed E-state index contributed by atoms with van der Waals surface area (Å²) in [7, 11) is 0. The molecule has 1 amide bonds. The number of ether oxygens (including phenoxy) is 1. The maximum absolute atomic E-state index is 12.9. The van der Waals surface area contributed by atoms with E-state index >= 15 is 0 Å². The second kappa shape index (κ2) is 8.24. The van der Waals surface area contributed by atoms with Crippen LogP contribution in [0.3, 0.4) is 0 Å². The summed E-state index contributed by atoms with van der Waals surface area (Å²) in [6.45, 7) is 0.246. The smallest absolute Gasteiger partial charge is 0.416 e. The van der Waals surface area contributed by atoms with Crippen LogP contribution < -0.4 is 16.0 Å². The van der Waals surface area contributed by atoms with Crippen molar-refractivity contribution in [2.24, 2.45) is 5.92 Å². The van der Waals surface area contributed by atoms with Crippen LogP contribution in [-0.2, 0) is 17.5 Å². The molecule has 1 aromatic heterocycles. The molecule has 1 aliphatic heterocycles. The van der Waals surface area contributed by atoms with E-state index in [1.807, 2.05) is 0 Å². The summed E-state index contributed by atoms with van der Waals surface area (Å²) >= 11 is 0. The number of fused-ring (bicyclic) bond motifs is 2. The summed E-state index contributed by atoms with van der Waals surface area (Å²) < 4.78 is 45.7. The Kier molecular flexibility index (Phi) is 5.63. The number of nitrogens with zero attached hydrogens (tertiary/aromatic N) is 2. The lowest BCUT2D eigenvalue weighted by atomic mass is 9.99. The molecule has 1 saturated heterocycles. The van der Waals surface area contributed by atoms with E-state index in [1.165, 1.54) is 29.0 Å². The molecule has 2 bridgehead atoms. The van der Waals surface area contributed by atoms with Gasteiger partial charge in [0.05, 0.1) is 11.6 Å². The van der Waals surface area contributed by atoms with Crippen molar-refractivity contribution in [3.63, 3.8) is 0 Å². The monoisotopic (exact) mass is 437 g/mol. The number of carbonyl (C=O) groups excluding carboxylic acids is 1. The van der Waals surface area contributed by atoms with Crippen molar-refractivity contribution >= 4 is 5.91 Å². The zero-order chi connectivity index (χ0) is 22.2. The number of aromatic amines is 1. The largest absolute Gasteiger partial charge is 0.491 e. The molecule has 1 aliphatic carbocycles. The van der Waals surface area contributed by atoms with Gasteiger partial charge in [0.2, 0.25) is 5.91 Å². The standard InChI is InChI=1S/C21H22F3N3O4/c22-21(23,24)14-2-1-3-16(11-14)31-12-17-13-4-5-15(10-13)27(17)19(29)7-9-26-8-6-18(28)25-20(26)30/h1-3,6,8,11,13,15,17H,4-5,7,9-10,12H2,(H,25,28,30)/t13-,15+,17+/m1/s1. The van der Waals surface area contributed by atoms with Gasteiger partial charge in [0.15, 0.2) is 0 Å². The molecule has 1 N–H and O–H groups in total. The van der Waals surface area contributed by atoms with Crippen LogP contribution in [0.15, 0.2) is 46.1 Å². The van der Waals surface area contributed by atoms with E-state index in [0.717, 1.165) is 31.4 Å². The molecular weight excluding hydrogens is 415 g/mol. The number of rotatable bonds is 6. The fourth-order valence-electron chi connectivity index (χ4n) is 4.61. The Morgan fingerprint density at radius 1 is 1.19 bits per heavy atom. The lowest BCUT2D eigenvalue weighted by Gasteiger charge is -2.35. The molecule has 0 spiro atoms. The third-order valence-electron chi connectivity index (χ3n) is 6.07. The molecule has 0 radical (unpaired) electrons. The molecule has 1 aromatic carbocycles. The maximum Gasteiger partial charge on any atom is 0.416 e. The number of halogens is 3. The number of aryl methyl sites for hydroxylation is 1. The fourth-order valence-corrected chi connectivity index (χ4v) is 4.61. The average Bonchev–Trinajstić information content (AvgIpc) is 3.32. The Morgan fingerprint density at radius 2 is 2.00 bits per heavy atom. The lowest BCUT2D eigenvalue weighted by Crippen LogP contribution is -2.48. The Bertz CT molecular complexity index is 1080. The van der Waals surface area contributed by atoms with Crippen molar-refractivity contribution in [1.29, 1.82) is 0 Å². The zero-order valence-electron chi connectivity index (χ0n) is 16.6. The average molecular weight is 437 g/mol. The van der Waals surface area contributed by atoms with Crippen LogP contribution in [0.4, 0.5) is 13.2 Å². The summed E-state index contributed by atoms with van der Waals surface area (Å²) in [6.07, 6.45) is -0.345. The van der Waals surface area contributed by atoms with Gasteiger partial charge in [-0.05, 0) is 43.4 Å².